The molecule has 0 bridgehead atoms. The number of hydrogen-bond acceptors (Lipinski definition) is 5. The van der Waals surface area contributed by atoms with Gasteiger partial charge < -0.3 is 10.1 Å². The van der Waals surface area contributed by atoms with E-state index in [1.54, 1.807) is 31.4 Å². The second-order valence-electron chi connectivity index (χ2n) is 9.25. The lowest BCUT2D eigenvalue weighted by Gasteiger charge is -2.31. The molecule has 0 radical (unpaired) electrons. The standard InChI is InChI=1S/C26H35N3O4S/c1-33-24-10-12-25(13-11-24)34(31,32)29-16-6-9-23(20-29)26(30)27-18-21-7-5-8-22(17-21)19-28-14-3-2-4-15-28/h5,7-8,10-13,17,23H,2-4,6,9,14-16,18-20H2,1H3,(H,27,30). The maximum absolute atomic E-state index is 13.1. The number of nitrogens with zero attached hydrogens (tertiary/aromatic N) is 2. The molecule has 2 aliphatic rings. The highest BCUT2D eigenvalue weighted by molar-refractivity contribution is 7.89. The van der Waals surface area contributed by atoms with E-state index in [1.165, 1.54) is 29.1 Å². The van der Waals surface area contributed by atoms with Crippen molar-refractivity contribution in [1.29, 1.82) is 0 Å². The first-order valence-electron chi connectivity index (χ1n) is 12.2. The van der Waals surface area contributed by atoms with Gasteiger partial charge >= 0.3 is 0 Å². The quantitative estimate of drug-likeness (QED) is 0.620. The molecule has 4 rings (SSSR count). The Labute approximate surface area is 203 Å². The normalized spacial score (nSPS) is 20.1. The Kier molecular flexibility index (Phi) is 8.24. The fourth-order valence-corrected chi connectivity index (χ4v) is 6.34. The van der Waals surface area contributed by atoms with Gasteiger partial charge in [0.1, 0.15) is 5.75 Å². The van der Waals surface area contributed by atoms with Gasteiger partial charge in [-0.1, -0.05) is 30.7 Å². The molecule has 8 heteroatoms. The first-order valence-corrected chi connectivity index (χ1v) is 13.6. The van der Waals surface area contributed by atoms with E-state index in [-0.39, 0.29) is 23.3 Å². The second kappa shape index (κ2) is 11.3. The third-order valence-electron chi connectivity index (χ3n) is 6.77. The van der Waals surface area contributed by atoms with E-state index in [2.05, 4.69) is 22.3 Å². The fourth-order valence-electron chi connectivity index (χ4n) is 4.82. The van der Waals surface area contributed by atoms with Crippen LogP contribution in [0.15, 0.2) is 53.4 Å². The van der Waals surface area contributed by atoms with Crippen molar-refractivity contribution in [3.8, 4) is 5.75 Å². The van der Waals surface area contributed by atoms with Crippen LogP contribution in [-0.2, 0) is 27.9 Å². The molecule has 2 heterocycles. The first-order chi connectivity index (χ1) is 16.5. The number of ether oxygens (including phenoxy) is 1. The number of carbonyl (C=O) groups excluding carboxylic acids is 1. The SMILES string of the molecule is COc1ccc(S(=O)(=O)N2CCCC(C(=O)NCc3cccc(CN4CCCCC4)c3)C2)cc1. The third kappa shape index (κ3) is 6.17. The number of likely N-dealkylation sites (tertiary alicyclic amines) is 1. The smallest absolute Gasteiger partial charge is 0.243 e. The lowest BCUT2D eigenvalue weighted by molar-refractivity contribution is -0.126. The molecule has 2 aromatic rings. The summed E-state index contributed by atoms with van der Waals surface area (Å²) in [6.07, 6.45) is 5.21. The van der Waals surface area contributed by atoms with Gasteiger partial charge in [-0.05, 0) is 74.2 Å². The molecule has 1 N–H and O–H groups in total. The highest BCUT2D eigenvalue weighted by Gasteiger charge is 2.33. The van der Waals surface area contributed by atoms with Gasteiger partial charge in [-0.3, -0.25) is 9.69 Å². The van der Waals surface area contributed by atoms with E-state index >= 15 is 0 Å². The molecule has 0 saturated carbocycles. The number of benzene rings is 2. The molecule has 184 valence electrons. The first kappa shape index (κ1) is 24.7. The van der Waals surface area contributed by atoms with E-state index in [0.29, 0.717) is 31.7 Å². The number of rotatable bonds is 8. The Morgan fingerprint density at radius 3 is 2.47 bits per heavy atom. The van der Waals surface area contributed by atoms with Crippen molar-refractivity contribution in [2.45, 2.75) is 50.1 Å². The van der Waals surface area contributed by atoms with Crippen LogP contribution in [-0.4, -0.2) is 56.8 Å². The van der Waals surface area contributed by atoms with Gasteiger partial charge in [0.2, 0.25) is 15.9 Å². The summed E-state index contributed by atoms with van der Waals surface area (Å²) in [5, 5.41) is 3.04. The maximum Gasteiger partial charge on any atom is 0.243 e. The fraction of sp³-hybridized carbons (Fsp3) is 0.500. The van der Waals surface area contributed by atoms with Crippen LogP contribution < -0.4 is 10.1 Å². The summed E-state index contributed by atoms with van der Waals surface area (Å²) >= 11 is 0. The molecule has 0 aromatic heterocycles. The van der Waals surface area contributed by atoms with Gasteiger partial charge in [0, 0.05) is 26.2 Å². The van der Waals surface area contributed by atoms with Crippen molar-refractivity contribution in [3.05, 3.63) is 59.7 Å². The molecule has 1 unspecified atom stereocenters. The summed E-state index contributed by atoms with van der Waals surface area (Å²) < 4.78 is 32.7. The van der Waals surface area contributed by atoms with E-state index in [9.17, 15) is 13.2 Å². The summed E-state index contributed by atoms with van der Waals surface area (Å²) in [5.74, 6) is 0.171. The number of sulfonamides is 1. The summed E-state index contributed by atoms with van der Waals surface area (Å²) in [7, 11) is -2.10. The number of carbonyl (C=O) groups is 1. The number of methoxy groups -OCH3 is 1. The minimum absolute atomic E-state index is 0.0870. The van der Waals surface area contributed by atoms with Gasteiger partial charge in [-0.25, -0.2) is 8.42 Å². The Morgan fingerprint density at radius 2 is 1.74 bits per heavy atom. The summed E-state index contributed by atoms with van der Waals surface area (Å²) in [6, 6.07) is 14.8. The van der Waals surface area contributed by atoms with E-state index in [4.69, 9.17) is 4.74 Å². The van der Waals surface area contributed by atoms with Gasteiger partial charge in [-0.15, -0.1) is 0 Å². The van der Waals surface area contributed by atoms with Gasteiger partial charge in [-0.2, -0.15) is 4.31 Å². The minimum atomic E-state index is -3.65. The van der Waals surface area contributed by atoms with Gasteiger partial charge in [0.05, 0.1) is 17.9 Å². The number of nitrogens with one attached hydrogen (secondary N) is 1. The molecular formula is C26H35N3O4S. The second-order valence-corrected chi connectivity index (χ2v) is 11.2. The monoisotopic (exact) mass is 485 g/mol. The predicted molar refractivity (Wildman–Crippen MR) is 132 cm³/mol. The predicted octanol–water partition coefficient (Wildman–Crippen LogP) is 3.40. The van der Waals surface area contributed by atoms with Gasteiger partial charge in [0.15, 0.2) is 0 Å². The van der Waals surface area contributed by atoms with Crippen molar-refractivity contribution in [3.63, 3.8) is 0 Å². The Balaban J connectivity index is 1.33. The molecule has 2 aliphatic heterocycles. The molecule has 7 nitrogen and oxygen atoms in total. The molecule has 0 spiro atoms. The van der Waals surface area contributed by atoms with Crippen molar-refractivity contribution in [2.75, 3.05) is 33.3 Å². The highest BCUT2D eigenvalue weighted by atomic mass is 32.2. The van der Waals surface area contributed by atoms with E-state index in [0.717, 1.165) is 25.2 Å². The van der Waals surface area contributed by atoms with Crippen molar-refractivity contribution in [2.24, 2.45) is 5.92 Å². The third-order valence-corrected chi connectivity index (χ3v) is 8.64. The van der Waals surface area contributed by atoms with Crippen LogP contribution in [0.5, 0.6) is 5.75 Å². The molecule has 34 heavy (non-hydrogen) atoms. The molecule has 2 saturated heterocycles. The molecular weight excluding hydrogens is 450 g/mol. The lowest BCUT2D eigenvalue weighted by Crippen LogP contribution is -2.45. The maximum atomic E-state index is 13.1. The average molecular weight is 486 g/mol. The lowest BCUT2D eigenvalue weighted by atomic mass is 9.98. The van der Waals surface area contributed by atoms with Crippen molar-refractivity contribution >= 4 is 15.9 Å². The topological polar surface area (TPSA) is 79.0 Å². The number of piperidine rings is 2. The van der Waals surface area contributed by atoms with E-state index in [1.807, 2.05) is 12.1 Å². The zero-order valence-corrected chi connectivity index (χ0v) is 20.7. The van der Waals surface area contributed by atoms with Gasteiger partial charge in [0.25, 0.3) is 0 Å². The van der Waals surface area contributed by atoms with Crippen LogP contribution in [0.1, 0.15) is 43.2 Å². The summed E-state index contributed by atoms with van der Waals surface area (Å²) in [4.78, 5) is 15.6. The molecule has 1 atom stereocenters. The summed E-state index contributed by atoms with van der Waals surface area (Å²) in [5.41, 5.74) is 2.34. The molecule has 1 amide bonds. The molecule has 2 aromatic carbocycles. The zero-order valence-electron chi connectivity index (χ0n) is 19.9. The Morgan fingerprint density at radius 1 is 1.00 bits per heavy atom. The zero-order chi connectivity index (χ0) is 24.0. The van der Waals surface area contributed by atoms with Crippen LogP contribution in [0, 0.1) is 5.92 Å². The average Bonchev–Trinajstić information content (AvgIpc) is 2.88. The Hall–Kier alpha value is -2.42. The van der Waals surface area contributed by atoms with Crippen LogP contribution >= 0.6 is 0 Å². The Bertz CT molecular complexity index is 1070. The van der Waals surface area contributed by atoms with Crippen LogP contribution in [0.4, 0.5) is 0 Å². The number of amides is 1. The highest BCUT2D eigenvalue weighted by Crippen LogP contribution is 2.25. The van der Waals surface area contributed by atoms with Crippen LogP contribution in [0.2, 0.25) is 0 Å². The van der Waals surface area contributed by atoms with E-state index < -0.39 is 10.0 Å². The largest absolute Gasteiger partial charge is 0.497 e. The van der Waals surface area contributed by atoms with Crippen LogP contribution in [0.3, 0.4) is 0 Å². The minimum Gasteiger partial charge on any atom is -0.497 e. The van der Waals surface area contributed by atoms with Crippen LogP contribution in [0.25, 0.3) is 0 Å². The van der Waals surface area contributed by atoms with Crippen molar-refractivity contribution in [1.82, 2.24) is 14.5 Å². The molecule has 0 aliphatic carbocycles. The summed E-state index contributed by atoms with van der Waals surface area (Å²) in [6.45, 7) is 4.33. The van der Waals surface area contributed by atoms with Crippen molar-refractivity contribution < 1.29 is 17.9 Å². The number of hydrogen-bond donors (Lipinski definition) is 1. The molecule has 2 fully saturated rings.